The van der Waals surface area contributed by atoms with Gasteiger partial charge in [-0.05, 0) is 62.0 Å². The number of aldehydes is 2. The number of carbonyl (C=O) groups is 2. The molecule has 12 heteroatoms. The first kappa shape index (κ1) is 33.1. The number of hydrogen-bond donors (Lipinski definition) is 2. The lowest BCUT2D eigenvalue weighted by Crippen LogP contribution is -2.36. The highest BCUT2D eigenvalue weighted by Gasteiger charge is 2.17. The number of aliphatic hydroxyl groups is 1. The first-order valence-corrected chi connectivity index (χ1v) is 14.6. The number of sulfone groups is 1. The number of nitrogens with two attached hydrogens (primary N) is 1. The first-order valence-electron chi connectivity index (χ1n) is 11.9. The highest BCUT2D eigenvalue weighted by Crippen LogP contribution is 2.25. The molecule has 2 heterocycles. The Hall–Kier alpha value is -2.93. The molecule has 0 fully saturated rings. The third-order valence-electron chi connectivity index (χ3n) is 5.79. The fourth-order valence-corrected chi connectivity index (χ4v) is 5.07. The van der Waals surface area contributed by atoms with E-state index in [0.29, 0.717) is 28.1 Å². The first-order chi connectivity index (χ1) is 17.9. The van der Waals surface area contributed by atoms with Crippen LogP contribution in [0.4, 0.5) is 10.9 Å². The summed E-state index contributed by atoms with van der Waals surface area (Å²) in [7, 11) is 3.49. The molecule has 0 aliphatic rings. The zero-order valence-corrected chi connectivity index (χ0v) is 24.7. The van der Waals surface area contributed by atoms with Gasteiger partial charge in [-0.2, -0.15) is 0 Å². The summed E-state index contributed by atoms with van der Waals surface area (Å²) in [6.07, 6.45) is 7.59. The quantitative estimate of drug-likeness (QED) is 0.352. The van der Waals surface area contributed by atoms with Crippen molar-refractivity contribution in [3.8, 4) is 0 Å². The van der Waals surface area contributed by atoms with E-state index in [2.05, 4.69) is 16.0 Å². The van der Waals surface area contributed by atoms with Crippen molar-refractivity contribution in [2.24, 2.45) is 5.92 Å². The van der Waals surface area contributed by atoms with Gasteiger partial charge < -0.3 is 25.3 Å². The molecule has 0 bridgehead atoms. The van der Waals surface area contributed by atoms with E-state index in [4.69, 9.17) is 10.8 Å². The molecule has 0 spiro atoms. The Labute approximate surface area is 229 Å². The number of nitrogens with zero attached hydrogens (tertiary/aromatic N) is 4. The van der Waals surface area contributed by atoms with Gasteiger partial charge in [0, 0.05) is 45.0 Å². The summed E-state index contributed by atoms with van der Waals surface area (Å²) in [5.41, 5.74) is 8.15. The second kappa shape index (κ2) is 15.5. The fourth-order valence-electron chi connectivity index (χ4n) is 3.42. The number of aliphatic hydroxyl groups excluding tert-OH is 1. The van der Waals surface area contributed by atoms with E-state index in [-0.39, 0.29) is 12.0 Å². The molecule has 3 N–H and O–H groups in total. The molecule has 210 valence electrons. The summed E-state index contributed by atoms with van der Waals surface area (Å²) in [5.74, 6) is 0.534. The Balaban J connectivity index is 0.000000432. The molecule has 2 aromatic heterocycles. The number of rotatable bonds is 10. The molecule has 0 unspecified atom stereocenters. The minimum atomic E-state index is -3.09. The summed E-state index contributed by atoms with van der Waals surface area (Å²) in [4.78, 5) is 34.1. The number of thiazole rings is 1. The average molecular weight is 566 g/mol. The van der Waals surface area contributed by atoms with Crippen LogP contribution in [0, 0.1) is 12.8 Å². The lowest BCUT2D eigenvalue weighted by Gasteiger charge is -2.25. The van der Waals surface area contributed by atoms with E-state index in [1.807, 2.05) is 52.0 Å². The third kappa shape index (κ3) is 9.75. The van der Waals surface area contributed by atoms with Crippen molar-refractivity contribution in [2.75, 3.05) is 51.7 Å². The van der Waals surface area contributed by atoms with Crippen molar-refractivity contribution in [2.45, 2.75) is 36.9 Å². The number of likely N-dealkylation sites (N-methyl/N-ethyl adjacent to an activating group) is 1. The average Bonchev–Trinajstić information content (AvgIpc) is 3.40. The van der Waals surface area contributed by atoms with Crippen molar-refractivity contribution >= 4 is 55.5 Å². The number of pyridine rings is 1. The van der Waals surface area contributed by atoms with Crippen LogP contribution in [0.2, 0.25) is 0 Å². The van der Waals surface area contributed by atoms with Gasteiger partial charge in [-0.15, -0.1) is 0 Å². The minimum Gasteiger partial charge on any atom is -0.400 e. The molecule has 0 aliphatic carbocycles. The van der Waals surface area contributed by atoms with Gasteiger partial charge in [0.2, 0.25) is 0 Å². The molecule has 0 radical (unpaired) electrons. The predicted octanol–water partition coefficient (Wildman–Crippen LogP) is 2.61. The van der Waals surface area contributed by atoms with Crippen molar-refractivity contribution < 1.29 is 23.1 Å². The molecule has 3 rings (SSSR count). The Morgan fingerprint density at radius 1 is 1.13 bits per heavy atom. The second-order valence-electron chi connectivity index (χ2n) is 9.11. The number of carbonyl (C=O) groups excluding carboxylic acids is 2. The zero-order valence-electron chi connectivity index (χ0n) is 23.1. The Bertz CT molecular complexity index is 1290. The number of aryl methyl sites for hydroxylation is 1. The van der Waals surface area contributed by atoms with Gasteiger partial charge in [0.05, 0.1) is 12.2 Å². The molecule has 2 atom stereocenters. The molecule has 0 saturated heterocycles. The van der Waals surface area contributed by atoms with Gasteiger partial charge in [0.1, 0.15) is 22.6 Å². The molecule has 0 amide bonds. The van der Waals surface area contributed by atoms with Crippen LogP contribution < -0.4 is 10.6 Å². The van der Waals surface area contributed by atoms with E-state index in [1.54, 1.807) is 11.1 Å². The van der Waals surface area contributed by atoms with Crippen LogP contribution in [-0.2, 0) is 25.8 Å². The molecule has 0 saturated carbocycles. The zero-order chi connectivity index (χ0) is 29.0. The van der Waals surface area contributed by atoms with Crippen molar-refractivity contribution in [3.05, 3.63) is 41.7 Å². The summed E-state index contributed by atoms with van der Waals surface area (Å²) in [6, 6.07) is 5.84. The van der Waals surface area contributed by atoms with Gasteiger partial charge in [0.25, 0.3) is 0 Å². The lowest BCUT2D eigenvalue weighted by molar-refractivity contribution is -0.112. The number of anilines is 2. The van der Waals surface area contributed by atoms with Crippen LogP contribution in [0.5, 0.6) is 0 Å². The highest BCUT2D eigenvalue weighted by molar-refractivity contribution is 7.92. The largest absolute Gasteiger partial charge is 0.400 e. The number of fused-ring (bicyclic) bond motifs is 1. The summed E-state index contributed by atoms with van der Waals surface area (Å²) < 4.78 is 22.4. The maximum absolute atomic E-state index is 11.6. The summed E-state index contributed by atoms with van der Waals surface area (Å²) in [6.45, 7) is 4.63. The molecule has 10 nitrogen and oxygen atoms in total. The molecule has 0 aliphatic heterocycles. The van der Waals surface area contributed by atoms with Crippen LogP contribution in [0.1, 0.15) is 24.5 Å². The molecule has 38 heavy (non-hydrogen) atoms. The maximum atomic E-state index is 11.6. The van der Waals surface area contributed by atoms with Crippen LogP contribution in [0.15, 0.2) is 34.8 Å². The van der Waals surface area contributed by atoms with E-state index in [9.17, 15) is 18.0 Å². The van der Waals surface area contributed by atoms with Gasteiger partial charge >= 0.3 is 0 Å². The second-order valence-corrected chi connectivity index (χ2v) is 12.4. The Morgan fingerprint density at radius 2 is 1.79 bits per heavy atom. The van der Waals surface area contributed by atoms with E-state index < -0.39 is 9.84 Å². The van der Waals surface area contributed by atoms with Crippen LogP contribution in [0.3, 0.4) is 0 Å². The highest BCUT2D eigenvalue weighted by atomic mass is 32.2. The maximum Gasteiger partial charge on any atom is 0.186 e. The SMILES string of the molecule is CN(C)c1ncc(S(C)(=O)=O)s1.CO.Cc1cc2c(N)nccc2cc1C[C@H](C=O)N(C)CC[C@H](C)C=O. The van der Waals surface area contributed by atoms with Crippen LogP contribution >= 0.6 is 11.3 Å². The standard InChI is InChI=1S/C19H25N3O2.C6H10N2O2S2.CH4O/c1-13(11-23)5-7-22(3)17(12-24)10-16-9-15-4-6-21-19(20)18(15)8-14(16)2;1-8(2)6-7-4-5(11-6)12(3,9)10;1-2/h4,6,8-9,11-13,17H,5,7,10H2,1-3H3,(H2,20,21);4H,1-3H3;2H,1H3/t13-,17+;;/m0../s1. The summed E-state index contributed by atoms with van der Waals surface area (Å²) in [5, 5.41) is 9.68. The normalized spacial score (nSPS) is 12.6. The van der Waals surface area contributed by atoms with Crippen LogP contribution in [0.25, 0.3) is 10.8 Å². The van der Waals surface area contributed by atoms with Gasteiger partial charge in [0.15, 0.2) is 15.0 Å². The van der Waals surface area contributed by atoms with Gasteiger partial charge in [-0.3, -0.25) is 4.90 Å². The third-order valence-corrected chi connectivity index (χ3v) is 8.75. The molecular formula is C26H39N5O5S2. The minimum absolute atomic E-state index is 0.0117. The van der Waals surface area contributed by atoms with Crippen molar-refractivity contribution in [1.82, 2.24) is 14.9 Å². The van der Waals surface area contributed by atoms with E-state index >= 15 is 0 Å². The van der Waals surface area contributed by atoms with E-state index in [0.717, 1.165) is 48.0 Å². The molecule has 1 aromatic carbocycles. The van der Waals surface area contributed by atoms with Gasteiger partial charge in [-0.25, -0.2) is 18.4 Å². The van der Waals surface area contributed by atoms with Crippen molar-refractivity contribution in [1.29, 1.82) is 0 Å². The smallest absolute Gasteiger partial charge is 0.186 e. The Morgan fingerprint density at radius 3 is 2.29 bits per heavy atom. The monoisotopic (exact) mass is 565 g/mol. The number of nitrogen functional groups attached to an aromatic ring is 1. The lowest BCUT2D eigenvalue weighted by atomic mass is 9.97. The van der Waals surface area contributed by atoms with Gasteiger partial charge in [-0.1, -0.05) is 24.3 Å². The topological polar surface area (TPSA) is 147 Å². The molecule has 3 aromatic rings. The Kier molecular flexibility index (Phi) is 13.5. The number of hydrogen-bond acceptors (Lipinski definition) is 11. The van der Waals surface area contributed by atoms with E-state index in [1.165, 1.54) is 23.8 Å². The summed E-state index contributed by atoms with van der Waals surface area (Å²) >= 11 is 1.17. The number of aromatic nitrogens is 2. The van der Waals surface area contributed by atoms with Crippen molar-refractivity contribution in [3.63, 3.8) is 0 Å². The predicted molar refractivity (Wildman–Crippen MR) is 155 cm³/mol. The van der Waals surface area contributed by atoms with Crippen LogP contribution in [-0.4, -0.2) is 88.1 Å². The fraction of sp³-hybridized carbons (Fsp3) is 0.462. The molecular weight excluding hydrogens is 526 g/mol. The number of benzene rings is 1.